The molecule has 1 atom stereocenters. The monoisotopic (exact) mass is 387 g/mol. The van der Waals surface area contributed by atoms with Gasteiger partial charge in [-0.05, 0) is 35.2 Å². The summed E-state index contributed by atoms with van der Waals surface area (Å²) >= 11 is 3.52. The zero-order chi connectivity index (χ0) is 17.1. The minimum Gasteiger partial charge on any atom is -0.352 e. The number of carbonyl (C=O) groups excluding carboxylic acids is 1. The van der Waals surface area contributed by atoms with E-state index in [-0.39, 0.29) is 17.5 Å². The lowest BCUT2D eigenvalue weighted by atomic mass is 9.97. The van der Waals surface area contributed by atoms with Gasteiger partial charge in [-0.15, -0.1) is 0 Å². The molecule has 1 unspecified atom stereocenters. The molecular formula is C18H18BrN3O2. The Morgan fingerprint density at radius 3 is 2.71 bits per heavy atom. The van der Waals surface area contributed by atoms with Gasteiger partial charge in [0.05, 0.1) is 11.0 Å². The number of fused-ring (bicyclic) bond motifs is 1. The van der Waals surface area contributed by atoms with Crippen LogP contribution in [0.4, 0.5) is 0 Å². The zero-order valence-electron chi connectivity index (χ0n) is 13.2. The van der Waals surface area contributed by atoms with Crippen LogP contribution in [0.1, 0.15) is 30.4 Å². The molecule has 1 aromatic heterocycles. The highest BCUT2D eigenvalue weighted by atomic mass is 79.9. The molecule has 24 heavy (non-hydrogen) atoms. The Morgan fingerprint density at radius 2 is 1.92 bits per heavy atom. The molecule has 0 bridgehead atoms. The van der Waals surface area contributed by atoms with E-state index in [1.165, 1.54) is 0 Å². The van der Waals surface area contributed by atoms with Crippen LogP contribution >= 0.6 is 15.9 Å². The normalized spacial score (nSPS) is 12.2. The van der Waals surface area contributed by atoms with Gasteiger partial charge in [-0.2, -0.15) is 0 Å². The van der Waals surface area contributed by atoms with Crippen molar-refractivity contribution >= 4 is 32.9 Å². The topological polar surface area (TPSA) is 77.8 Å². The number of hydrogen-bond acceptors (Lipinski definition) is 2. The van der Waals surface area contributed by atoms with E-state index in [1.54, 1.807) is 0 Å². The van der Waals surface area contributed by atoms with Crippen molar-refractivity contribution in [2.24, 2.45) is 0 Å². The third-order valence-electron chi connectivity index (χ3n) is 4.00. The molecule has 0 aliphatic heterocycles. The van der Waals surface area contributed by atoms with Crippen LogP contribution in [0.3, 0.4) is 0 Å². The van der Waals surface area contributed by atoms with Crippen molar-refractivity contribution in [1.29, 1.82) is 0 Å². The van der Waals surface area contributed by atoms with Gasteiger partial charge in [-0.3, -0.25) is 4.79 Å². The van der Waals surface area contributed by atoms with Gasteiger partial charge in [0.1, 0.15) is 0 Å². The third-order valence-corrected chi connectivity index (χ3v) is 4.72. The molecule has 0 radical (unpaired) electrons. The summed E-state index contributed by atoms with van der Waals surface area (Å²) in [6.45, 7) is 2.47. The van der Waals surface area contributed by atoms with Crippen LogP contribution in [0, 0.1) is 0 Å². The fraction of sp³-hybridized carbons (Fsp3) is 0.222. The number of hydrogen-bond donors (Lipinski definition) is 3. The number of benzene rings is 2. The van der Waals surface area contributed by atoms with Gasteiger partial charge in [0.2, 0.25) is 5.91 Å². The predicted octanol–water partition coefficient (Wildman–Crippen LogP) is 3.43. The van der Waals surface area contributed by atoms with E-state index in [2.05, 4.69) is 31.2 Å². The standard InChI is InChI=1S/C18H18BrN3O2/c1-11(13-4-2-3-5-14(13)19)8-17(23)20-10-12-6-7-15-16(9-12)22-18(24)21-15/h2-7,9,11H,8,10H2,1H3,(H,20,23)(H2,21,22,24). The highest BCUT2D eigenvalue weighted by Gasteiger charge is 2.13. The van der Waals surface area contributed by atoms with Crippen LogP contribution < -0.4 is 11.0 Å². The Bertz CT molecular complexity index is 929. The molecular weight excluding hydrogens is 370 g/mol. The molecule has 0 aliphatic rings. The first-order chi connectivity index (χ1) is 11.5. The summed E-state index contributed by atoms with van der Waals surface area (Å²) in [5.41, 5.74) is 3.35. The first-order valence-electron chi connectivity index (χ1n) is 7.75. The number of carbonyl (C=O) groups is 1. The largest absolute Gasteiger partial charge is 0.352 e. The van der Waals surface area contributed by atoms with Crippen molar-refractivity contribution in [1.82, 2.24) is 15.3 Å². The molecule has 3 aromatic rings. The Labute approximate surface area is 147 Å². The van der Waals surface area contributed by atoms with Crippen LogP contribution in [0.15, 0.2) is 51.7 Å². The minimum atomic E-state index is -0.228. The molecule has 0 spiro atoms. The number of aromatic amines is 2. The van der Waals surface area contributed by atoms with E-state index in [4.69, 9.17) is 0 Å². The Kier molecular flexibility index (Phi) is 4.85. The molecule has 6 heteroatoms. The maximum atomic E-state index is 12.2. The first kappa shape index (κ1) is 16.5. The summed E-state index contributed by atoms with van der Waals surface area (Å²) in [5, 5.41) is 2.93. The van der Waals surface area contributed by atoms with E-state index in [0.29, 0.717) is 13.0 Å². The second-order valence-electron chi connectivity index (χ2n) is 5.86. The van der Waals surface area contributed by atoms with E-state index in [9.17, 15) is 9.59 Å². The quantitative estimate of drug-likeness (QED) is 0.626. The lowest BCUT2D eigenvalue weighted by molar-refractivity contribution is -0.121. The molecule has 124 valence electrons. The Balaban J connectivity index is 1.60. The highest BCUT2D eigenvalue weighted by Crippen LogP contribution is 2.26. The van der Waals surface area contributed by atoms with Gasteiger partial charge in [0.25, 0.3) is 0 Å². The molecule has 5 nitrogen and oxygen atoms in total. The first-order valence-corrected chi connectivity index (χ1v) is 8.54. The molecule has 1 amide bonds. The van der Waals surface area contributed by atoms with Gasteiger partial charge < -0.3 is 15.3 Å². The molecule has 2 aromatic carbocycles. The summed E-state index contributed by atoms with van der Waals surface area (Å²) in [4.78, 5) is 28.9. The number of H-pyrrole nitrogens is 2. The van der Waals surface area contributed by atoms with Gasteiger partial charge in [0.15, 0.2) is 0 Å². The van der Waals surface area contributed by atoms with E-state index in [0.717, 1.165) is 26.6 Å². The summed E-state index contributed by atoms with van der Waals surface area (Å²) in [5.74, 6) is 0.130. The SMILES string of the molecule is CC(CC(=O)NCc1ccc2[nH]c(=O)[nH]c2c1)c1ccccc1Br. The lowest BCUT2D eigenvalue weighted by Crippen LogP contribution is -2.24. The number of rotatable bonds is 5. The molecule has 0 fully saturated rings. The van der Waals surface area contributed by atoms with Crippen molar-refractivity contribution in [3.05, 3.63) is 68.5 Å². The number of amides is 1. The summed E-state index contributed by atoms with van der Waals surface area (Å²) in [7, 11) is 0. The molecule has 0 saturated carbocycles. The van der Waals surface area contributed by atoms with Crippen molar-refractivity contribution in [3.8, 4) is 0 Å². The van der Waals surface area contributed by atoms with Gasteiger partial charge in [0, 0.05) is 17.4 Å². The fourth-order valence-corrected chi connectivity index (χ4v) is 3.40. The Morgan fingerprint density at radius 1 is 1.17 bits per heavy atom. The minimum absolute atomic E-state index is 0.000845. The number of nitrogens with one attached hydrogen (secondary N) is 3. The van der Waals surface area contributed by atoms with Gasteiger partial charge in [-0.1, -0.05) is 47.1 Å². The second kappa shape index (κ2) is 7.05. The maximum absolute atomic E-state index is 12.2. The molecule has 3 rings (SSSR count). The van der Waals surface area contributed by atoms with Crippen LogP contribution in [0.2, 0.25) is 0 Å². The third kappa shape index (κ3) is 3.76. The van der Waals surface area contributed by atoms with Gasteiger partial charge >= 0.3 is 5.69 Å². The van der Waals surface area contributed by atoms with Crippen molar-refractivity contribution in [2.75, 3.05) is 0 Å². The predicted molar refractivity (Wildman–Crippen MR) is 97.9 cm³/mol. The Hall–Kier alpha value is -2.34. The summed E-state index contributed by atoms with van der Waals surface area (Å²) in [6, 6.07) is 13.5. The van der Waals surface area contributed by atoms with Gasteiger partial charge in [-0.25, -0.2) is 4.79 Å². The number of imidazole rings is 1. The molecule has 1 heterocycles. The second-order valence-corrected chi connectivity index (χ2v) is 6.72. The average molecular weight is 388 g/mol. The molecule has 3 N–H and O–H groups in total. The van der Waals surface area contributed by atoms with Crippen LogP contribution in [-0.4, -0.2) is 15.9 Å². The van der Waals surface area contributed by atoms with E-state index >= 15 is 0 Å². The lowest BCUT2D eigenvalue weighted by Gasteiger charge is -2.13. The average Bonchev–Trinajstić information content (AvgIpc) is 2.92. The summed E-state index contributed by atoms with van der Waals surface area (Å²) in [6.07, 6.45) is 0.422. The molecule has 0 saturated heterocycles. The maximum Gasteiger partial charge on any atom is 0.323 e. The zero-order valence-corrected chi connectivity index (χ0v) is 14.8. The number of aromatic nitrogens is 2. The smallest absolute Gasteiger partial charge is 0.323 e. The fourth-order valence-electron chi connectivity index (χ4n) is 2.73. The van der Waals surface area contributed by atoms with Crippen molar-refractivity contribution in [3.63, 3.8) is 0 Å². The highest BCUT2D eigenvalue weighted by molar-refractivity contribution is 9.10. The van der Waals surface area contributed by atoms with Crippen LogP contribution in [0.25, 0.3) is 11.0 Å². The van der Waals surface area contributed by atoms with E-state index in [1.807, 2.05) is 49.4 Å². The van der Waals surface area contributed by atoms with Crippen molar-refractivity contribution < 1.29 is 4.79 Å². The number of halogens is 1. The van der Waals surface area contributed by atoms with E-state index < -0.39 is 0 Å². The van der Waals surface area contributed by atoms with Crippen molar-refractivity contribution in [2.45, 2.75) is 25.8 Å². The van der Waals surface area contributed by atoms with Crippen LogP contribution in [0.5, 0.6) is 0 Å². The van der Waals surface area contributed by atoms with Crippen LogP contribution in [-0.2, 0) is 11.3 Å². The summed E-state index contributed by atoms with van der Waals surface area (Å²) < 4.78 is 1.02. The molecule has 0 aliphatic carbocycles.